The van der Waals surface area contributed by atoms with Gasteiger partial charge < -0.3 is 4.90 Å². The molecule has 0 radical (unpaired) electrons. The Kier molecular flexibility index (Phi) is 2.26. The Morgan fingerprint density at radius 2 is 2.00 bits per heavy atom. The van der Waals surface area contributed by atoms with E-state index in [0.29, 0.717) is 0 Å². The molecule has 1 heterocycles. The molecule has 0 aromatic heterocycles. The second kappa shape index (κ2) is 3.19. The van der Waals surface area contributed by atoms with Crippen LogP contribution in [-0.2, 0) is 4.79 Å². The van der Waals surface area contributed by atoms with E-state index in [1.54, 1.807) is 18.1 Å². The number of rotatable bonds is 0. The number of nitrogens with zero attached hydrogens (tertiary/aromatic N) is 1. The third kappa shape index (κ3) is 1.80. The quantitative estimate of drug-likeness (QED) is 0.510. The maximum Gasteiger partial charge on any atom is 0.253 e. The van der Waals surface area contributed by atoms with Crippen LogP contribution >= 0.6 is 0 Å². The van der Waals surface area contributed by atoms with Crippen LogP contribution in [0.15, 0.2) is 36.1 Å². The van der Waals surface area contributed by atoms with E-state index >= 15 is 0 Å². The Hall–Kier alpha value is -1.31. The van der Waals surface area contributed by atoms with Gasteiger partial charge in [-0.1, -0.05) is 18.2 Å². The van der Waals surface area contributed by atoms with Crippen LogP contribution in [-0.4, -0.2) is 17.9 Å². The molecule has 0 fully saturated rings. The second-order valence-corrected chi connectivity index (χ2v) is 2.49. The van der Waals surface area contributed by atoms with E-state index in [9.17, 15) is 4.79 Å². The van der Waals surface area contributed by atoms with E-state index in [-0.39, 0.29) is 5.91 Å². The molecular weight excluding hydrogens is 138 g/mol. The molecule has 2 nitrogen and oxygen atoms in total. The highest BCUT2D eigenvalue weighted by Crippen LogP contribution is 2.02. The van der Waals surface area contributed by atoms with Crippen molar-refractivity contribution in [3.63, 3.8) is 0 Å². The molecule has 1 amide bonds. The van der Waals surface area contributed by atoms with Gasteiger partial charge in [0.2, 0.25) is 0 Å². The van der Waals surface area contributed by atoms with Crippen LogP contribution in [0, 0.1) is 0 Å². The third-order valence-electron chi connectivity index (χ3n) is 1.54. The van der Waals surface area contributed by atoms with Crippen molar-refractivity contribution in [3.05, 3.63) is 36.1 Å². The van der Waals surface area contributed by atoms with Crippen LogP contribution in [0.2, 0.25) is 0 Å². The first-order valence-corrected chi connectivity index (χ1v) is 3.51. The van der Waals surface area contributed by atoms with Crippen molar-refractivity contribution in [3.8, 4) is 0 Å². The van der Waals surface area contributed by atoms with Gasteiger partial charge in [0.15, 0.2) is 0 Å². The number of allylic oxidation sites excluding steroid dienone is 4. The van der Waals surface area contributed by atoms with Crippen molar-refractivity contribution in [1.29, 1.82) is 0 Å². The van der Waals surface area contributed by atoms with E-state index < -0.39 is 0 Å². The Balaban J connectivity index is 2.94. The fourth-order valence-electron chi connectivity index (χ4n) is 0.860. The first kappa shape index (κ1) is 7.79. The zero-order chi connectivity index (χ0) is 8.27. The summed E-state index contributed by atoms with van der Waals surface area (Å²) in [7, 11) is 1.75. The zero-order valence-corrected chi connectivity index (χ0v) is 6.74. The van der Waals surface area contributed by atoms with Crippen LogP contribution in [0.5, 0.6) is 0 Å². The van der Waals surface area contributed by atoms with Gasteiger partial charge in [0.1, 0.15) is 0 Å². The minimum atomic E-state index is 0.0469. The fourth-order valence-corrected chi connectivity index (χ4v) is 0.860. The second-order valence-electron chi connectivity index (χ2n) is 2.49. The predicted molar refractivity (Wildman–Crippen MR) is 44.8 cm³/mol. The molecule has 0 N–H and O–H groups in total. The van der Waals surface area contributed by atoms with Crippen LogP contribution in [0.1, 0.15) is 6.92 Å². The van der Waals surface area contributed by atoms with Gasteiger partial charge in [-0.25, -0.2) is 0 Å². The lowest BCUT2D eigenvalue weighted by molar-refractivity contribution is -0.123. The van der Waals surface area contributed by atoms with Crippen LogP contribution in [0.25, 0.3) is 0 Å². The highest BCUT2D eigenvalue weighted by Gasteiger charge is 2.06. The lowest BCUT2D eigenvalue weighted by atomic mass is 10.2. The summed E-state index contributed by atoms with van der Waals surface area (Å²) in [6, 6.07) is 0. The highest BCUT2D eigenvalue weighted by molar-refractivity contribution is 5.93. The fraction of sp³-hybridized carbons (Fsp3) is 0.222. The van der Waals surface area contributed by atoms with E-state index in [4.69, 9.17) is 0 Å². The molecule has 58 valence electrons. The van der Waals surface area contributed by atoms with E-state index in [2.05, 4.69) is 0 Å². The topological polar surface area (TPSA) is 20.3 Å². The predicted octanol–water partition coefficient (Wildman–Crippen LogP) is 1.47. The first-order valence-electron chi connectivity index (χ1n) is 3.51. The third-order valence-corrected chi connectivity index (χ3v) is 1.54. The molecule has 0 bridgehead atoms. The Morgan fingerprint density at radius 3 is 2.73 bits per heavy atom. The van der Waals surface area contributed by atoms with Gasteiger partial charge in [0.25, 0.3) is 5.91 Å². The van der Waals surface area contributed by atoms with Crippen LogP contribution in [0.4, 0.5) is 0 Å². The molecule has 0 spiro atoms. The van der Waals surface area contributed by atoms with Crippen molar-refractivity contribution in [1.82, 2.24) is 4.90 Å². The summed E-state index contributed by atoms with van der Waals surface area (Å²) in [5.74, 6) is 0.0469. The van der Waals surface area contributed by atoms with Crippen LogP contribution < -0.4 is 0 Å². The molecule has 0 saturated heterocycles. The molecule has 1 rings (SSSR count). The summed E-state index contributed by atoms with van der Waals surface area (Å²) >= 11 is 0. The number of hydrogen-bond donors (Lipinski definition) is 0. The van der Waals surface area contributed by atoms with Gasteiger partial charge in [-0.3, -0.25) is 4.79 Å². The monoisotopic (exact) mass is 149 g/mol. The zero-order valence-electron chi connectivity index (χ0n) is 6.74. The number of amides is 1. The summed E-state index contributed by atoms with van der Waals surface area (Å²) in [4.78, 5) is 12.8. The maximum absolute atomic E-state index is 11.3. The van der Waals surface area contributed by atoms with Gasteiger partial charge >= 0.3 is 0 Å². The van der Waals surface area contributed by atoms with Gasteiger partial charge in [-0.2, -0.15) is 0 Å². The maximum atomic E-state index is 11.3. The Morgan fingerprint density at radius 1 is 1.27 bits per heavy atom. The molecule has 0 aromatic rings. The van der Waals surface area contributed by atoms with Crippen molar-refractivity contribution in [2.45, 2.75) is 6.92 Å². The minimum Gasteiger partial charge on any atom is -0.318 e. The van der Waals surface area contributed by atoms with Gasteiger partial charge in [-0.15, -0.1) is 0 Å². The van der Waals surface area contributed by atoms with Crippen molar-refractivity contribution >= 4 is 5.91 Å². The lowest BCUT2D eigenvalue weighted by Gasteiger charge is -2.12. The van der Waals surface area contributed by atoms with Gasteiger partial charge in [0.05, 0.1) is 0 Å². The van der Waals surface area contributed by atoms with E-state index in [1.165, 1.54) is 0 Å². The smallest absolute Gasteiger partial charge is 0.253 e. The Bertz CT molecular complexity index is 248. The van der Waals surface area contributed by atoms with Crippen molar-refractivity contribution < 1.29 is 4.79 Å². The first-order chi connectivity index (χ1) is 5.22. The van der Waals surface area contributed by atoms with Gasteiger partial charge in [0, 0.05) is 18.8 Å². The van der Waals surface area contributed by atoms with Gasteiger partial charge in [-0.05, 0) is 13.0 Å². The summed E-state index contributed by atoms with van der Waals surface area (Å²) in [5, 5.41) is 0. The molecule has 0 unspecified atom stereocenters. The molecule has 11 heavy (non-hydrogen) atoms. The SMILES string of the molecule is C/C1=C/C=C/C=C\N(C)C1=O. The molecule has 2 heteroatoms. The summed E-state index contributed by atoms with van der Waals surface area (Å²) < 4.78 is 0. The van der Waals surface area contributed by atoms with E-state index in [1.807, 2.05) is 31.2 Å². The summed E-state index contributed by atoms with van der Waals surface area (Å²) in [6.07, 6.45) is 9.14. The number of hydrogen-bond acceptors (Lipinski definition) is 1. The standard InChI is InChI=1S/C9H11NO/c1-8-6-4-3-5-7-10(2)9(8)11/h3-7H,1-2H3/b4-3+,7-5-,8-6-. The van der Waals surface area contributed by atoms with Crippen molar-refractivity contribution in [2.24, 2.45) is 0 Å². The summed E-state index contributed by atoms with van der Waals surface area (Å²) in [5.41, 5.74) is 0.758. The Labute approximate surface area is 66.5 Å². The average Bonchev–Trinajstić information content (AvgIpc) is 2.00. The van der Waals surface area contributed by atoms with Crippen molar-refractivity contribution in [2.75, 3.05) is 7.05 Å². The highest BCUT2D eigenvalue weighted by atomic mass is 16.2. The molecule has 0 aromatic carbocycles. The normalized spacial score (nSPS) is 28.4. The molecule has 0 aliphatic carbocycles. The minimum absolute atomic E-state index is 0.0469. The molecular formula is C9H11NO. The van der Waals surface area contributed by atoms with E-state index in [0.717, 1.165) is 5.57 Å². The lowest BCUT2D eigenvalue weighted by Crippen LogP contribution is -2.21. The largest absolute Gasteiger partial charge is 0.318 e. The molecule has 0 atom stereocenters. The molecule has 0 saturated carbocycles. The molecule has 1 aliphatic rings. The number of carbonyl (C=O) groups excluding carboxylic acids is 1. The number of carbonyl (C=O) groups is 1. The summed E-state index contributed by atoms with van der Waals surface area (Å²) in [6.45, 7) is 1.81. The molecule has 1 aliphatic heterocycles. The van der Waals surface area contributed by atoms with Crippen LogP contribution in [0.3, 0.4) is 0 Å². The average molecular weight is 149 g/mol. The number of likely N-dealkylation sites (N-methyl/N-ethyl adjacent to an activating group) is 1.